The average Bonchev–Trinajstić information content (AvgIpc) is 2.25. The highest BCUT2D eigenvalue weighted by Crippen LogP contribution is 2.36. The van der Waals surface area contributed by atoms with E-state index in [2.05, 4.69) is 0 Å². The van der Waals surface area contributed by atoms with Crippen LogP contribution in [0.4, 0.5) is 5.69 Å². The summed E-state index contributed by atoms with van der Waals surface area (Å²) in [5.41, 5.74) is 7.63. The standard InChI is InChI=1S/C13H11Cl2NS.2ClH/c1-8-6-10(16)3-5-12(8)17-13-4-2-9(14)7-11(13)15;;/h2-7H,16H2,1H3;2*1H. The molecule has 104 valence electrons. The zero-order chi connectivity index (χ0) is 12.4. The number of rotatable bonds is 2. The van der Waals surface area contributed by atoms with Crippen LogP contribution in [0.25, 0.3) is 0 Å². The highest BCUT2D eigenvalue weighted by molar-refractivity contribution is 7.99. The van der Waals surface area contributed by atoms with E-state index >= 15 is 0 Å². The monoisotopic (exact) mass is 355 g/mol. The average molecular weight is 357 g/mol. The molecule has 2 rings (SSSR count). The molecular weight excluding hydrogens is 344 g/mol. The van der Waals surface area contributed by atoms with Crippen LogP contribution in [-0.2, 0) is 0 Å². The molecule has 0 unspecified atom stereocenters. The van der Waals surface area contributed by atoms with Crippen molar-refractivity contribution in [2.75, 3.05) is 5.73 Å². The summed E-state index contributed by atoms with van der Waals surface area (Å²) in [4.78, 5) is 2.13. The molecule has 0 amide bonds. The van der Waals surface area contributed by atoms with E-state index in [1.54, 1.807) is 17.8 Å². The van der Waals surface area contributed by atoms with Gasteiger partial charge in [0.1, 0.15) is 0 Å². The molecule has 2 N–H and O–H groups in total. The first kappa shape index (κ1) is 18.8. The minimum Gasteiger partial charge on any atom is -0.399 e. The van der Waals surface area contributed by atoms with Crippen molar-refractivity contribution in [1.29, 1.82) is 0 Å². The lowest BCUT2D eigenvalue weighted by molar-refractivity contribution is 1.29. The molecule has 0 heterocycles. The molecule has 0 fully saturated rings. The van der Waals surface area contributed by atoms with Crippen molar-refractivity contribution in [2.24, 2.45) is 0 Å². The first-order chi connectivity index (χ1) is 8.06. The molecule has 2 aromatic rings. The highest BCUT2D eigenvalue weighted by atomic mass is 35.5. The molecule has 0 radical (unpaired) electrons. The Balaban J connectivity index is 0.00000162. The zero-order valence-corrected chi connectivity index (χ0v) is 14.0. The number of halogens is 4. The Morgan fingerprint density at radius 3 is 2.16 bits per heavy atom. The van der Waals surface area contributed by atoms with E-state index in [0.717, 1.165) is 21.0 Å². The smallest absolute Gasteiger partial charge is 0.0560 e. The molecule has 19 heavy (non-hydrogen) atoms. The van der Waals surface area contributed by atoms with E-state index in [1.807, 2.05) is 37.3 Å². The Kier molecular flexibility index (Phi) is 8.02. The molecule has 6 heteroatoms. The lowest BCUT2D eigenvalue weighted by Gasteiger charge is -2.08. The largest absolute Gasteiger partial charge is 0.399 e. The van der Waals surface area contributed by atoms with Crippen molar-refractivity contribution in [2.45, 2.75) is 16.7 Å². The Morgan fingerprint density at radius 1 is 0.947 bits per heavy atom. The van der Waals surface area contributed by atoms with E-state index in [-0.39, 0.29) is 24.8 Å². The van der Waals surface area contributed by atoms with Gasteiger partial charge in [-0.1, -0.05) is 35.0 Å². The van der Waals surface area contributed by atoms with Gasteiger partial charge in [-0.05, 0) is 48.9 Å². The Morgan fingerprint density at radius 2 is 1.58 bits per heavy atom. The van der Waals surface area contributed by atoms with Crippen LogP contribution in [0.15, 0.2) is 46.2 Å². The summed E-state index contributed by atoms with van der Waals surface area (Å²) in [5, 5.41) is 1.31. The molecular formula is C13H13Cl4NS. The predicted octanol–water partition coefficient (Wildman–Crippen LogP) is 5.88. The zero-order valence-electron chi connectivity index (χ0n) is 10.0. The molecule has 1 nitrogen and oxygen atoms in total. The molecule has 0 saturated carbocycles. The summed E-state index contributed by atoms with van der Waals surface area (Å²) < 4.78 is 0. The number of aryl methyl sites for hydroxylation is 1. The van der Waals surface area contributed by atoms with Crippen LogP contribution in [0.1, 0.15) is 5.56 Å². The van der Waals surface area contributed by atoms with Crippen molar-refractivity contribution in [3.63, 3.8) is 0 Å². The van der Waals surface area contributed by atoms with Gasteiger partial charge in [0, 0.05) is 20.5 Å². The fourth-order valence-electron chi connectivity index (χ4n) is 1.46. The van der Waals surface area contributed by atoms with E-state index in [4.69, 9.17) is 28.9 Å². The second-order valence-corrected chi connectivity index (χ2v) is 5.63. The molecule has 0 bridgehead atoms. The summed E-state index contributed by atoms with van der Waals surface area (Å²) in [7, 11) is 0. The maximum absolute atomic E-state index is 6.13. The van der Waals surface area contributed by atoms with Crippen LogP contribution < -0.4 is 5.73 Å². The number of hydrogen-bond donors (Lipinski definition) is 1. The van der Waals surface area contributed by atoms with E-state index in [1.165, 1.54) is 0 Å². The van der Waals surface area contributed by atoms with Gasteiger partial charge in [0.2, 0.25) is 0 Å². The molecule has 2 aromatic carbocycles. The van der Waals surface area contributed by atoms with Crippen LogP contribution in [0, 0.1) is 6.92 Å². The summed E-state index contributed by atoms with van der Waals surface area (Å²) in [5.74, 6) is 0. The third-order valence-electron chi connectivity index (χ3n) is 2.31. The minimum absolute atomic E-state index is 0. The van der Waals surface area contributed by atoms with Crippen LogP contribution in [0.5, 0.6) is 0 Å². The molecule has 0 aliphatic carbocycles. The first-order valence-electron chi connectivity index (χ1n) is 5.05. The fraction of sp³-hybridized carbons (Fsp3) is 0.0769. The summed E-state index contributed by atoms with van der Waals surface area (Å²) in [6, 6.07) is 11.3. The lowest BCUT2D eigenvalue weighted by Crippen LogP contribution is -1.87. The van der Waals surface area contributed by atoms with Gasteiger partial charge in [0.25, 0.3) is 0 Å². The molecule has 0 spiro atoms. The van der Waals surface area contributed by atoms with E-state index < -0.39 is 0 Å². The number of nitrogens with two attached hydrogens (primary N) is 1. The van der Waals surface area contributed by atoms with Crippen molar-refractivity contribution in [3.8, 4) is 0 Å². The van der Waals surface area contributed by atoms with Gasteiger partial charge in [0.05, 0.1) is 5.02 Å². The number of anilines is 1. The second kappa shape index (κ2) is 8.13. The molecule has 0 aromatic heterocycles. The van der Waals surface area contributed by atoms with Gasteiger partial charge in [-0.2, -0.15) is 0 Å². The lowest BCUT2D eigenvalue weighted by atomic mass is 10.2. The summed E-state index contributed by atoms with van der Waals surface area (Å²) >= 11 is 13.6. The molecule has 0 saturated heterocycles. The maximum Gasteiger partial charge on any atom is 0.0560 e. The molecule has 0 atom stereocenters. The number of benzene rings is 2. The van der Waals surface area contributed by atoms with Crippen LogP contribution in [0.3, 0.4) is 0 Å². The summed E-state index contributed by atoms with van der Waals surface area (Å²) in [6.07, 6.45) is 0. The van der Waals surface area contributed by atoms with Crippen molar-refractivity contribution >= 4 is 65.5 Å². The quantitative estimate of drug-likeness (QED) is 0.680. The predicted molar refractivity (Wildman–Crippen MR) is 90.7 cm³/mol. The second-order valence-electron chi connectivity index (χ2n) is 3.70. The maximum atomic E-state index is 6.13. The highest BCUT2D eigenvalue weighted by Gasteiger charge is 2.06. The third-order valence-corrected chi connectivity index (χ3v) is 4.23. The Hall–Kier alpha value is -0.250. The van der Waals surface area contributed by atoms with Gasteiger partial charge in [0.15, 0.2) is 0 Å². The first-order valence-corrected chi connectivity index (χ1v) is 6.62. The third kappa shape index (κ3) is 4.97. The van der Waals surface area contributed by atoms with Crippen molar-refractivity contribution < 1.29 is 0 Å². The van der Waals surface area contributed by atoms with Gasteiger partial charge in [-0.15, -0.1) is 24.8 Å². The Bertz CT molecular complexity index is 511. The van der Waals surface area contributed by atoms with Crippen LogP contribution in [-0.4, -0.2) is 0 Å². The summed E-state index contributed by atoms with van der Waals surface area (Å²) in [6.45, 7) is 2.03. The minimum atomic E-state index is 0. The fourth-order valence-corrected chi connectivity index (χ4v) is 2.87. The number of hydrogen-bond acceptors (Lipinski definition) is 2. The SMILES string of the molecule is Cc1cc(N)ccc1Sc1ccc(Cl)cc1Cl.Cl.Cl. The van der Waals surface area contributed by atoms with Gasteiger partial charge in [-0.3, -0.25) is 0 Å². The Labute approximate surface area is 139 Å². The van der Waals surface area contributed by atoms with E-state index in [0.29, 0.717) is 10.0 Å². The number of nitrogen functional groups attached to an aromatic ring is 1. The van der Waals surface area contributed by atoms with E-state index in [9.17, 15) is 0 Å². The molecule has 0 aliphatic heterocycles. The topological polar surface area (TPSA) is 26.0 Å². The van der Waals surface area contributed by atoms with Crippen molar-refractivity contribution in [3.05, 3.63) is 52.0 Å². The van der Waals surface area contributed by atoms with Gasteiger partial charge >= 0.3 is 0 Å². The van der Waals surface area contributed by atoms with Crippen molar-refractivity contribution in [1.82, 2.24) is 0 Å². The van der Waals surface area contributed by atoms with Gasteiger partial charge in [-0.25, -0.2) is 0 Å². The van der Waals surface area contributed by atoms with Gasteiger partial charge < -0.3 is 5.73 Å². The van der Waals surface area contributed by atoms with Crippen LogP contribution >= 0.6 is 59.8 Å². The molecule has 0 aliphatic rings. The van der Waals surface area contributed by atoms with Crippen LogP contribution in [0.2, 0.25) is 10.0 Å². The normalized spacial score (nSPS) is 9.42.